The smallest absolute Gasteiger partial charge is 0.163 e. The largest absolute Gasteiger partial charge is 0.496 e. The van der Waals surface area contributed by atoms with E-state index in [0.717, 1.165) is 37.0 Å². The first kappa shape index (κ1) is 18.6. The first-order chi connectivity index (χ1) is 11.2. The van der Waals surface area contributed by atoms with Crippen molar-refractivity contribution in [3.8, 4) is 5.75 Å². The summed E-state index contributed by atoms with van der Waals surface area (Å²) in [5.41, 5.74) is 1.44. The fraction of sp³-hybridized carbons (Fsp3) is 0.333. The second-order valence-electron chi connectivity index (χ2n) is 5.65. The fourth-order valence-corrected chi connectivity index (χ4v) is 3.07. The van der Waals surface area contributed by atoms with Crippen LogP contribution < -0.4 is 10.1 Å². The van der Waals surface area contributed by atoms with E-state index >= 15 is 0 Å². The molecule has 3 rings (SSSR count). The van der Waals surface area contributed by atoms with Crippen molar-refractivity contribution >= 4 is 12.4 Å². The van der Waals surface area contributed by atoms with Gasteiger partial charge in [-0.1, -0.05) is 30.3 Å². The second kappa shape index (κ2) is 8.42. The number of hydrogen-bond acceptors (Lipinski definition) is 3. The zero-order valence-electron chi connectivity index (χ0n) is 13.5. The highest BCUT2D eigenvalue weighted by atomic mass is 35.5. The third-order valence-electron chi connectivity index (χ3n) is 4.26. The number of para-hydroxylation sites is 1. The summed E-state index contributed by atoms with van der Waals surface area (Å²) >= 11 is 0. The van der Waals surface area contributed by atoms with E-state index in [1.165, 1.54) is 0 Å². The highest BCUT2D eigenvalue weighted by Gasteiger charge is 2.27. The van der Waals surface area contributed by atoms with Gasteiger partial charge in [-0.25, -0.2) is 8.78 Å². The van der Waals surface area contributed by atoms with Crippen LogP contribution in [0.15, 0.2) is 42.5 Å². The van der Waals surface area contributed by atoms with Crippen LogP contribution in [0, 0.1) is 11.6 Å². The molecule has 1 atom stereocenters. The fourth-order valence-electron chi connectivity index (χ4n) is 3.07. The number of halogens is 3. The van der Waals surface area contributed by atoms with Crippen LogP contribution in [-0.4, -0.2) is 31.6 Å². The molecule has 0 radical (unpaired) electrons. The topological polar surface area (TPSA) is 24.5 Å². The summed E-state index contributed by atoms with van der Waals surface area (Å²) in [6.07, 6.45) is 0. The average molecular weight is 355 g/mol. The van der Waals surface area contributed by atoms with E-state index in [-0.39, 0.29) is 18.4 Å². The maximum atomic E-state index is 14.0. The van der Waals surface area contributed by atoms with E-state index in [0.29, 0.717) is 12.1 Å². The van der Waals surface area contributed by atoms with Gasteiger partial charge in [0.25, 0.3) is 0 Å². The molecule has 0 saturated carbocycles. The number of ether oxygens (including phenoxy) is 1. The summed E-state index contributed by atoms with van der Waals surface area (Å²) < 4.78 is 32.9. The lowest BCUT2D eigenvalue weighted by Crippen LogP contribution is -2.45. The maximum absolute atomic E-state index is 14.0. The highest BCUT2D eigenvalue weighted by molar-refractivity contribution is 5.85. The van der Waals surface area contributed by atoms with E-state index in [4.69, 9.17) is 4.74 Å². The Labute approximate surface area is 147 Å². The summed E-state index contributed by atoms with van der Waals surface area (Å²) in [6.45, 7) is 2.70. The van der Waals surface area contributed by atoms with Crippen molar-refractivity contribution in [1.29, 1.82) is 0 Å². The number of nitrogens with zero attached hydrogens (tertiary/aromatic N) is 1. The van der Waals surface area contributed by atoms with Crippen molar-refractivity contribution in [2.75, 3.05) is 26.7 Å². The Bertz CT molecular complexity index is 684. The molecule has 0 spiro atoms. The predicted molar refractivity (Wildman–Crippen MR) is 92.6 cm³/mol. The van der Waals surface area contributed by atoms with Gasteiger partial charge in [0.05, 0.1) is 13.2 Å². The van der Waals surface area contributed by atoms with Crippen molar-refractivity contribution in [3.05, 3.63) is 65.2 Å². The Morgan fingerprint density at radius 2 is 1.96 bits per heavy atom. The molecule has 1 fully saturated rings. The Morgan fingerprint density at radius 1 is 1.17 bits per heavy atom. The number of hydrogen-bond donors (Lipinski definition) is 1. The Balaban J connectivity index is 0.00000208. The molecular formula is C18H21ClF2N2O. The Hall–Kier alpha value is -1.69. The number of benzene rings is 2. The predicted octanol–water partition coefficient (Wildman–Crippen LogP) is 3.54. The molecule has 130 valence electrons. The van der Waals surface area contributed by atoms with Gasteiger partial charge in [0.1, 0.15) is 5.75 Å². The lowest BCUT2D eigenvalue weighted by atomic mass is 10.0. The maximum Gasteiger partial charge on any atom is 0.163 e. The normalized spacial score (nSPS) is 18.0. The molecule has 1 N–H and O–H groups in total. The minimum atomic E-state index is -0.800. The first-order valence-corrected chi connectivity index (χ1v) is 7.71. The van der Waals surface area contributed by atoms with Crippen LogP contribution in [0.25, 0.3) is 0 Å². The lowest BCUT2D eigenvalue weighted by molar-refractivity contribution is 0.149. The van der Waals surface area contributed by atoms with Gasteiger partial charge in [-0.05, 0) is 12.1 Å². The molecule has 1 unspecified atom stereocenters. The first-order valence-electron chi connectivity index (χ1n) is 7.71. The molecular weight excluding hydrogens is 334 g/mol. The van der Waals surface area contributed by atoms with Crippen LogP contribution in [0.4, 0.5) is 8.78 Å². The van der Waals surface area contributed by atoms with Crippen molar-refractivity contribution < 1.29 is 13.5 Å². The molecule has 2 aromatic carbocycles. The van der Waals surface area contributed by atoms with Crippen LogP contribution in [-0.2, 0) is 6.54 Å². The van der Waals surface area contributed by atoms with Crippen LogP contribution in [0.2, 0.25) is 0 Å². The summed E-state index contributed by atoms with van der Waals surface area (Å²) in [5.74, 6) is -0.748. The standard InChI is InChI=1S/C18H20F2N2O.ClH/c1-23-17-8-3-2-6-14(17)16-11-21-9-10-22(16)12-13-5-4-7-15(19)18(13)20;/h2-8,16,21H,9-12H2,1H3;1H. The number of rotatable bonds is 4. The van der Waals surface area contributed by atoms with E-state index < -0.39 is 11.6 Å². The van der Waals surface area contributed by atoms with Crippen LogP contribution >= 0.6 is 12.4 Å². The van der Waals surface area contributed by atoms with Gasteiger partial charge in [-0.15, -0.1) is 12.4 Å². The van der Waals surface area contributed by atoms with E-state index in [1.807, 2.05) is 24.3 Å². The molecule has 0 amide bonds. The highest BCUT2D eigenvalue weighted by Crippen LogP contribution is 2.31. The number of piperazine rings is 1. The van der Waals surface area contributed by atoms with Gasteiger partial charge in [0.15, 0.2) is 11.6 Å². The van der Waals surface area contributed by atoms with Gasteiger partial charge < -0.3 is 10.1 Å². The molecule has 0 aliphatic carbocycles. The van der Waals surface area contributed by atoms with E-state index in [9.17, 15) is 8.78 Å². The van der Waals surface area contributed by atoms with E-state index in [1.54, 1.807) is 19.2 Å². The monoisotopic (exact) mass is 354 g/mol. The molecule has 2 aromatic rings. The van der Waals surface area contributed by atoms with Crippen molar-refractivity contribution in [2.24, 2.45) is 0 Å². The average Bonchev–Trinajstić information content (AvgIpc) is 2.59. The second-order valence-corrected chi connectivity index (χ2v) is 5.65. The van der Waals surface area contributed by atoms with Gasteiger partial charge in [-0.3, -0.25) is 4.90 Å². The molecule has 1 heterocycles. The molecule has 3 nitrogen and oxygen atoms in total. The van der Waals surface area contributed by atoms with Crippen molar-refractivity contribution in [3.63, 3.8) is 0 Å². The Kier molecular flexibility index (Phi) is 6.54. The minimum Gasteiger partial charge on any atom is -0.496 e. The van der Waals surface area contributed by atoms with Crippen molar-refractivity contribution in [2.45, 2.75) is 12.6 Å². The third-order valence-corrected chi connectivity index (χ3v) is 4.26. The summed E-state index contributed by atoms with van der Waals surface area (Å²) in [7, 11) is 1.64. The third kappa shape index (κ3) is 3.86. The summed E-state index contributed by atoms with van der Waals surface area (Å²) in [5, 5.41) is 3.36. The van der Waals surface area contributed by atoms with Crippen LogP contribution in [0.3, 0.4) is 0 Å². The van der Waals surface area contributed by atoms with Gasteiger partial charge in [-0.2, -0.15) is 0 Å². The Morgan fingerprint density at radius 3 is 2.75 bits per heavy atom. The minimum absolute atomic E-state index is 0. The summed E-state index contributed by atoms with van der Waals surface area (Å²) in [6, 6.07) is 12.2. The van der Waals surface area contributed by atoms with Crippen molar-refractivity contribution in [1.82, 2.24) is 10.2 Å². The lowest BCUT2D eigenvalue weighted by Gasteiger charge is -2.37. The zero-order valence-corrected chi connectivity index (χ0v) is 14.3. The number of nitrogens with one attached hydrogen (secondary N) is 1. The molecule has 0 bridgehead atoms. The molecule has 1 aliphatic rings. The summed E-state index contributed by atoms with van der Waals surface area (Å²) in [4.78, 5) is 2.16. The van der Waals surface area contributed by atoms with Gasteiger partial charge in [0.2, 0.25) is 0 Å². The van der Waals surface area contributed by atoms with Crippen LogP contribution in [0.1, 0.15) is 17.2 Å². The quantitative estimate of drug-likeness (QED) is 0.909. The van der Waals surface area contributed by atoms with Gasteiger partial charge >= 0.3 is 0 Å². The SMILES string of the molecule is COc1ccccc1C1CNCCN1Cc1cccc(F)c1F.Cl. The van der Waals surface area contributed by atoms with Gasteiger partial charge in [0, 0.05) is 37.3 Å². The number of methoxy groups -OCH3 is 1. The van der Waals surface area contributed by atoms with Crippen LogP contribution in [0.5, 0.6) is 5.75 Å². The molecule has 6 heteroatoms. The molecule has 0 aromatic heterocycles. The molecule has 1 aliphatic heterocycles. The molecule has 24 heavy (non-hydrogen) atoms. The molecule has 1 saturated heterocycles. The zero-order chi connectivity index (χ0) is 16.2. The van der Waals surface area contributed by atoms with E-state index in [2.05, 4.69) is 10.2 Å².